The largest absolute Gasteiger partial charge is 0.496 e. The highest BCUT2D eigenvalue weighted by Crippen LogP contribution is 2.32. The van der Waals surface area contributed by atoms with E-state index in [1.54, 1.807) is 7.11 Å². The van der Waals surface area contributed by atoms with Crippen LogP contribution in [0.3, 0.4) is 0 Å². The van der Waals surface area contributed by atoms with Gasteiger partial charge in [-0.2, -0.15) is 0 Å². The van der Waals surface area contributed by atoms with E-state index in [2.05, 4.69) is 20.5 Å². The Balaban J connectivity index is 2.61. The van der Waals surface area contributed by atoms with Crippen LogP contribution >= 0.6 is 0 Å². The van der Waals surface area contributed by atoms with E-state index >= 15 is 0 Å². The quantitative estimate of drug-likeness (QED) is 0.897. The van der Waals surface area contributed by atoms with Crippen molar-refractivity contribution in [1.29, 1.82) is 0 Å². The summed E-state index contributed by atoms with van der Waals surface area (Å²) in [5, 5.41) is 11.0. The van der Waals surface area contributed by atoms with E-state index < -0.39 is 0 Å². The van der Waals surface area contributed by atoms with Crippen LogP contribution < -0.4 is 10.1 Å². The van der Waals surface area contributed by atoms with Gasteiger partial charge in [0, 0.05) is 12.6 Å². The van der Waals surface area contributed by atoms with Gasteiger partial charge in [-0.15, -0.1) is 10.2 Å². The molecule has 5 nitrogen and oxygen atoms in total. The predicted octanol–water partition coefficient (Wildman–Crippen LogP) is 2.21. The van der Waals surface area contributed by atoms with Crippen LogP contribution in [0.2, 0.25) is 0 Å². The molecule has 0 aliphatic carbocycles. The summed E-state index contributed by atoms with van der Waals surface area (Å²) in [6, 6.07) is 3.92. The summed E-state index contributed by atoms with van der Waals surface area (Å²) in [5.74, 6) is 1.59. The standard InChI is InChI=1S/C13H16N4O/c1-8-9(2)11(18-4)6-5-10(8)12-13(14-3)15-7-16-17-12/h5-7H,1-4H3,(H,14,15,16). The Hall–Kier alpha value is -2.17. The maximum atomic E-state index is 5.31. The maximum absolute atomic E-state index is 5.31. The molecule has 94 valence electrons. The summed E-state index contributed by atoms with van der Waals surface area (Å²) >= 11 is 0. The highest BCUT2D eigenvalue weighted by molar-refractivity contribution is 5.75. The Morgan fingerprint density at radius 1 is 1.17 bits per heavy atom. The number of benzene rings is 1. The molecule has 0 radical (unpaired) electrons. The molecular weight excluding hydrogens is 228 g/mol. The number of rotatable bonds is 3. The molecule has 0 saturated heterocycles. The van der Waals surface area contributed by atoms with Gasteiger partial charge >= 0.3 is 0 Å². The zero-order chi connectivity index (χ0) is 13.1. The van der Waals surface area contributed by atoms with E-state index in [1.165, 1.54) is 6.33 Å². The van der Waals surface area contributed by atoms with Gasteiger partial charge in [-0.25, -0.2) is 4.98 Å². The minimum absolute atomic E-state index is 0.720. The lowest BCUT2D eigenvalue weighted by atomic mass is 10.00. The topological polar surface area (TPSA) is 59.9 Å². The lowest BCUT2D eigenvalue weighted by molar-refractivity contribution is 0.411. The van der Waals surface area contributed by atoms with Gasteiger partial charge in [0.1, 0.15) is 17.8 Å². The third-order valence-corrected chi connectivity index (χ3v) is 3.07. The first-order valence-corrected chi connectivity index (χ1v) is 5.69. The first-order chi connectivity index (χ1) is 8.69. The molecule has 0 atom stereocenters. The van der Waals surface area contributed by atoms with Gasteiger partial charge < -0.3 is 10.1 Å². The van der Waals surface area contributed by atoms with Crippen molar-refractivity contribution in [2.24, 2.45) is 0 Å². The van der Waals surface area contributed by atoms with Crippen LogP contribution in [0.1, 0.15) is 11.1 Å². The highest BCUT2D eigenvalue weighted by atomic mass is 16.5. The van der Waals surface area contributed by atoms with Crippen LogP contribution in [0.25, 0.3) is 11.3 Å². The second kappa shape index (κ2) is 5.00. The van der Waals surface area contributed by atoms with Gasteiger partial charge in [0.25, 0.3) is 0 Å². The van der Waals surface area contributed by atoms with E-state index in [1.807, 2.05) is 33.0 Å². The van der Waals surface area contributed by atoms with Crippen LogP contribution in [0.5, 0.6) is 5.75 Å². The van der Waals surface area contributed by atoms with Gasteiger partial charge in [-0.3, -0.25) is 0 Å². The molecule has 5 heteroatoms. The van der Waals surface area contributed by atoms with Crippen LogP contribution in [0.4, 0.5) is 5.82 Å². The van der Waals surface area contributed by atoms with E-state index in [-0.39, 0.29) is 0 Å². The fourth-order valence-electron chi connectivity index (χ4n) is 1.91. The summed E-state index contributed by atoms with van der Waals surface area (Å²) in [6.07, 6.45) is 1.43. The van der Waals surface area contributed by atoms with Crippen LogP contribution in [-0.4, -0.2) is 29.3 Å². The number of nitrogens with zero attached hydrogens (tertiary/aromatic N) is 3. The second-order valence-corrected chi connectivity index (χ2v) is 3.97. The van der Waals surface area contributed by atoms with E-state index in [4.69, 9.17) is 4.74 Å². The van der Waals surface area contributed by atoms with Crippen molar-refractivity contribution in [3.05, 3.63) is 29.6 Å². The average molecular weight is 244 g/mol. The molecule has 1 aromatic heterocycles. The number of nitrogens with one attached hydrogen (secondary N) is 1. The Bertz CT molecular complexity index is 569. The molecule has 0 spiro atoms. The molecule has 0 amide bonds. The summed E-state index contributed by atoms with van der Waals surface area (Å²) in [4.78, 5) is 4.17. The van der Waals surface area contributed by atoms with Crippen LogP contribution in [0.15, 0.2) is 18.5 Å². The van der Waals surface area contributed by atoms with Crippen LogP contribution in [0, 0.1) is 13.8 Å². The normalized spacial score (nSPS) is 10.2. The Kier molecular flexibility index (Phi) is 3.41. The van der Waals surface area contributed by atoms with Crippen molar-refractivity contribution in [2.45, 2.75) is 13.8 Å². The summed E-state index contributed by atoms with van der Waals surface area (Å²) in [6.45, 7) is 4.07. The number of anilines is 1. The molecule has 0 aliphatic heterocycles. The molecule has 1 N–H and O–H groups in total. The molecule has 1 aromatic carbocycles. The zero-order valence-electron chi connectivity index (χ0n) is 11.0. The van der Waals surface area contributed by atoms with Gasteiger partial charge in [0.15, 0.2) is 5.82 Å². The van der Waals surface area contributed by atoms with E-state index in [9.17, 15) is 0 Å². The van der Waals surface area contributed by atoms with Gasteiger partial charge in [-0.1, -0.05) is 0 Å². The average Bonchev–Trinajstić information content (AvgIpc) is 2.42. The Morgan fingerprint density at radius 2 is 1.94 bits per heavy atom. The van der Waals surface area contributed by atoms with Crippen molar-refractivity contribution < 1.29 is 4.74 Å². The molecule has 0 unspecified atom stereocenters. The molecule has 1 heterocycles. The molecular formula is C13H16N4O. The molecule has 2 rings (SSSR count). The van der Waals surface area contributed by atoms with Gasteiger partial charge in [-0.05, 0) is 37.1 Å². The first-order valence-electron chi connectivity index (χ1n) is 5.69. The number of hydrogen-bond donors (Lipinski definition) is 1. The number of hydrogen-bond acceptors (Lipinski definition) is 5. The minimum Gasteiger partial charge on any atom is -0.496 e. The lowest BCUT2D eigenvalue weighted by Crippen LogP contribution is -2.01. The van der Waals surface area contributed by atoms with E-state index in [0.29, 0.717) is 0 Å². The van der Waals surface area contributed by atoms with Crippen molar-refractivity contribution in [1.82, 2.24) is 15.2 Å². The second-order valence-electron chi connectivity index (χ2n) is 3.97. The zero-order valence-corrected chi connectivity index (χ0v) is 11.0. The molecule has 0 saturated carbocycles. The predicted molar refractivity (Wildman–Crippen MR) is 70.8 cm³/mol. The molecule has 2 aromatic rings. The van der Waals surface area contributed by atoms with Gasteiger partial charge in [0.2, 0.25) is 0 Å². The van der Waals surface area contributed by atoms with Gasteiger partial charge in [0.05, 0.1) is 7.11 Å². The van der Waals surface area contributed by atoms with Crippen molar-refractivity contribution >= 4 is 5.82 Å². The van der Waals surface area contributed by atoms with Crippen molar-refractivity contribution in [3.8, 4) is 17.0 Å². The van der Waals surface area contributed by atoms with Crippen molar-refractivity contribution in [3.63, 3.8) is 0 Å². The minimum atomic E-state index is 0.720. The molecule has 18 heavy (non-hydrogen) atoms. The summed E-state index contributed by atoms with van der Waals surface area (Å²) in [7, 11) is 3.49. The Morgan fingerprint density at radius 3 is 2.61 bits per heavy atom. The fourth-order valence-corrected chi connectivity index (χ4v) is 1.91. The highest BCUT2D eigenvalue weighted by Gasteiger charge is 2.13. The smallest absolute Gasteiger partial charge is 0.156 e. The monoisotopic (exact) mass is 244 g/mol. The molecule has 0 fully saturated rings. The lowest BCUT2D eigenvalue weighted by Gasteiger charge is -2.13. The summed E-state index contributed by atoms with van der Waals surface area (Å²) in [5.41, 5.74) is 3.98. The van der Waals surface area contributed by atoms with E-state index in [0.717, 1.165) is 34.0 Å². The first kappa shape index (κ1) is 12.3. The third-order valence-electron chi connectivity index (χ3n) is 3.07. The summed E-state index contributed by atoms with van der Waals surface area (Å²) < 4.78 is 5.31. The molecule has 0 aliphatic rings. The Labute approximate surface area is 106 Å². The molecule has 0 bridgehead atoms. The number of aromatic nitrogens is 3. The third kappa shape index (κ3) is 1.99. The number of ether oxygens (including phenoxy) is 1. The fraction of sp³-hybridized carbons (Fsp3) is 0.308. The maximum Gasteiger partial charge on any atom is 0.156 e. The SMILES string of the molecule is CNc1ncnnc1-c1ccc(OC)c(C)c1C. The van der Waals surface area contributed by atoms with Crippen molar-refractivity contribution in [2.75, 3.05) is 19.5 Å². The van der Waals surface area contributed by atoms with Crippen LogP contribution in [-0.2, 0) is 0 Å². The number of methoxy groups -OCH3 is 1.